The molecule has 1 aromatic carbocycles. The van der Waals surface area contributed by atoms with Gasteiger partial charge in [0.15, 0.2) is 0 Å². The van der Waals surface area contributed by atoms with Crippen molar-refractivity contribution in [1.82, 2.24) is 0 Å². The number of benzene rings is 1. The smallest absolute Gasteiger partial charge is 0.127 e. The highest BCUT2D eigenvalue weighted by Gasteiger charge is 2.45. The van der Waals surface area contributed by atoms with Crippen LogP contribution < -0.4 is 4.74 Å². The van der Waals surface area contributed by atoms with E-state index in [9.17, 15) is 5.11 Å². The first-order valence-electron chi connectivity index (χ1n) is 9.20. The topological polar surface area (TPSA) is 29.5 Å². The Bertz CT molecular complexity index is 633. The van der Waals surface area contributed by atoms with E-state index in [0.29, 0.717) is 11.7 Å². The van der Waals surface area contributed by atoms with E-state index in [-0.39, 0.29) is 11.5 Å². The highest BCUT2D eigenvalue weighted by molar-refractivity contribution is 9.09. The van der Waals surface area contributed by atoms with E-state index in [4.69, 9.17) is 4.74 Å². The average Bonchev–Trinajstić information content (AvgIpc) is 2.50. The lowest BCUT2D eigenvalue weighted by Crippen LogP contribution is -2.45. The molecule has 3 rings (SSSR count). The lowest BCUT2D eigenvalue weighted by atomic mass is 9.68. The van der Waals surface area contributed by atoms with Crippen LogP contribution in [0, 0.1) is 5.92 Å². The zero-order valence-corrected chi connectivity index (χ0v) is 16.7. The van der Waals surface area contributed by atoms with E-state index in [1.807, 2.05) is 6.07 Å². The molecule has 24 heavy (non-hydrogen) atoms. The molecule has 0 fully saturated rings. The van der Waals surface area contributed by atoms with Gasteiger partial charge in [-0.2, -0.15) is 0 Å². The number of fused-ring (bicyclic) bond motifs is 3. The molecule has 0 saturated heterocycles. The highest BCUT2D eigenvalue weighted by atomic mass is 79.9. The van der Waals surface area contributed by atoms with Gasteiger partial charge in [-0.15, -0.1) is 0 Å². The number of phenolic OH excluding ortho intramolecular Hbond substituents is 1. The Kier molecular flexibility index (Phi) is 5.29. The first-order valence-corrected chi connectivity index (χ1v) is 10.3. The third-order valence-electron chi connectivity index (χ3n) is 5.63. The molecule has 0 saturated carbocycles. The number of hydrogen-bond acceptors (Lipinski definition) is 2. The van der Waals surface area contributed by atoms with Gasteiger partial charge in [-0.1, -0.05) is 34.0 Å². The van der Waals surface area contributed by atoms with E-state index >= 15 is 0 Å². The molecule has 1 aliphatic carbocycles. The number of ether oxygens (including phenoxy) is 1. The highest BCUT2D eigenvalue weighted by Crippen LogP contribution is 2.53. The van der Waals surface area contributed by atoms with Crippen molar-refractivity contribution in [2.75, 3.05) is 5.33 Å². The average molecular weight is 393 g/mol. The minimum absolute atomic E-state index is 0.185. The predicted molar refractivity (Wildman–Crippen MR) is 103 cm³/mol. The minimum atomic E-state index is -0.185. The molecule has 0 bridgehead atoms. The van der Waals surface area contributed by atoms with Gasteiger partial charge in [-0.25, -0.2) is 0 Å². The summed E-state index contributed by atoms with van der Waals surface area (Å²) in [5, 5.41) is 11.8. The molecule has 1 unspecified atom stereocenters. The second-order valence-corrected chi connectivity index (χ2v) is 8.71. The molecule has 0 amide bonds. The van der Waals surface area contributed by atoms with Gasteiger partial charge in [-0.05, 0) is 70.6 Å². The number of allylic oxidation sites excluding steroid dienone is 2. The third-order valence-corrected chi connectivity index (χ3v) is 6.19. The Morgan fingerprint density at radius 1 is 1.25 bits per heavy atom. The molecule has 0 radical (unpaired) electrons. The Balaban J connectivity index is 1.91. The van der Waals surface area contributed by atoms with Crippen LogP contribution in [-0.2, 0) is 6.42 Å². The lowest BCUT2D eigenvalue weighted by Gasteiger charge is -2.46. The SMILES string of the molecule is CC1=CC2c3c(O)cc(CCCCCBr)cc3OC(C)(C)[C@@H]2CC1. The van der Waals surface area contributed by atoms with Crippen LogP contribution in [0.5, 0.6) is 11.5 Å². The number of aryl methyl sites for hydroxylation is 1. The fraction of sp³-hybridized carbons (Fsp3) is 0.619. The number of aromatic hydroxyl groups is 1. The van der Waals surface area contributed by atoms with E-state index in [1.54, 1.807) is 0 Å². The predicted octanol–water partition coefficient (Wildman–Crippen LogP) is 6.11. The first-order chi connectivity index (χ1) is 11.4. The van der Waals surface area contributed by atoms with Crippen LogP contribution >= 0.6 is 15.9 Å². The largest absolute Gasteiger partial charge is 0.507 e. The molecule has 2 nitrogen and oxygen atoms in total. The number of rotatable bonds is 5. The summed E-state index contributed by atoms with van der Waals surface area (Å²) in [6, 6.07) is 4.13. The van der Waals surface area contributed by atoms with Crippen molar-refractivity contribution in [2.45, 2.75) is 70.8 Å². The van der Waals surface area contributed by atoms with Crippen molar-refractivity contribution in [2.24, 2.45) is 5.92 Å². The van der Waals surface area contributed by atoms with Gasteiger partial charge in [0.1, 0.15) is 17.1 Å². The van der Waals surface area contributed by atoms with Crippen LogP contribution in [-0.4, -0.2) is 16.0 Å². The standard InChI is InChI=1S/C21H29BrO2/c1-14-8-9-17-16(11-14)20-18(23)12-15(7-5-4-6-10-22)13-19(20)24-21(17,2)3/h11-13,16-17,23H,4-10H2,1-3H3/t16?,17-/m1/s1. The van der Waals surface area contributed by atoms with Crippen molar-refractivity contribution in [3.63, 3.8) is 0 Å². The second-order valence-electron chi connectivity index (χ2n) is 7.92. The summed E-state index contributed by atoms with van der Waals surface area (Å²) in [5.74, 6) is 2.02. The molecular formula is C21H29BrO2. The molecule has 132 valence electrons. The fourth-order valence-electron chi connectivity index (χ4n) is 4.32. The number of phenols is 1. The Morgan fingerprint density at radius 2 is 2.04 bits per heavy atom. The Hall–Kier alpha value is -0.960. The summed E-state index contributed by atoms with van der Waals surface area (Å²) in [6.45, 7) is 6.59. The summed E-state index contributed by atoms with van der Waals surface area (Å²) in [6.07, 6.45) is 9.19. The molecule has 2 aliphatic rings. The van der Waals surface area contributed by atoms with Crippen LogP contribution in [0.4, 0.5) is 0 Å². The van der Waals surface area contributed by atoms with Crippen LogP contribution in [0.15, 0.2) is 23.8 Å². The van der Waals surface area contributed by atoms with Crippen molar-refractivity contribution >= 4 is 15.9 Å². The van der Waals surface area contributed by atoms with Crippen molar-refractivity contribution < 1.29 is 9.84 Å². The summed E-state index contributed by atoms with van der Waals surface area (Å²) >= 11 is 3.48. The van der Waals surface area contributed by atoms with Gasteiger partial charge in [-0.3, -0.25) is 0 Å². The maximum atomic E-state index is 10.7. The summed E-state index contributed by atoms with van der Waals surface area (Å²) < 4.78 is 6.38. The quantitative estimate of drug-likeness (QED) is 0.372. The van der Waals surface area contributed by atoms with Gasteiger partial charge in [0.05, 0.1) is 0 Å². The van der Waals surface area contributed by atoms with Gasteiger partial charge >= 0.3 is 0 Å². The Labute approximate surface area is 154 Å². The third kappa shape index (κ3) is 3.51. The molecule has 2 atom stereocenters. The second kappa shape index (κ2) is 7.11. The van der Waals surface area contributed by atoms with Crippen molar-refractivity contribution in [3.8, 4) is 11.5 Å². The van der Waals surface area contributed by atoms with Gasteiger partial charge in [0, 0.05) is 22.7 Å². The zero-order valence-electron chi connectivity index (χ0n) is 15.1. The summed E-state index contributed by atoms with van der Waals surface area (Å²) in [5.41, 5.74) is 3.43. The zero-order chi connectivity index (χ0) is 17.3. The first kappa shape index (κ1) is 17.8. The van der Waals surface area contributed by atoms with E-state index in [2.05, 4.69) is 48.8 Å². The molecular weight excluding hydrogens is 364 g/mol. The van der Waals surface area contributed by atoms with Crippen molar-refractivity contribution in [3.05, 3.63) is 34.9 Å². The summed E-state index contributed by atoms with van der Waals surface area (Å²) in [7, 11) is 0. The Morgan fingerprint density at radius 3 is 2.79 bits per heavy atom. The molecule has 0 spiro atoms. The van der Waals surface area contributed by atoms with Crippen LogP contribution in [0.25, 0.3) is 0 Å². The fourth-order valence-corrected chi connectivity index (χ4v) is 4.72. The van der Waals surface area contributed by atoms with E-state index in [0.717, 1.165) is 42.3 Å². The molecule has 1 heterocycles. The van der Waals surface area contributed by atoms with E-state index < -0.39 is 0 Å². The monoisotopic (exact) mass is 392 g/mol. The van der Waals surface area contributed by atoms with Crippen LogP contribution in [0.1, 0.15) is 69.9 Å². The maximum absolute atomic E-state index is 10.7. The van der Waals surface area contributed by atoms with Crippen LogP contribution in [0.3, 0.4) is 0 Å². The molecule has 1 aliphatic heterocycles. The van der Waals surface area contributed by atoms with Crippen molar-refractivity contribution in [1.29, 1.82) is 0 Å². The summed E-state index contributed by atoms with van der Waals surface area (Å²) in [4.78, 5) is 0. The molecule has 1 aromatic rings. The number of halogens is 1. The minimum Gasteiger partial charge on any atom is -0.507 e. The van der Waals surface area contributed by atoms with Gasteiger partial charge < -0.3 is 9.84 Å². The molecule has 0 aromatic heterocycles. The number of hydrogen-bond donors (Lipinski definition) is 1. The number of alkyl halides is 1. The normalized spacial score (nSPS) is 24.6. The van der Waals surface area contributed by atoms with Gasteiger partial charge in [0.25, 0.3) is 0 Å². The number of unbranched alkanes of at least 4 members (excludes halogenated alkanes) is 2. The maximum Gasteiger partial charge on any atom is 0.127 e. The molecule has 1 N–H and O–H groups in total. The van der Waals surface area contributed by atoms with E-state index in [1.165, 1.54) is 24.0 Å². The lowest BCUT2D eigenvalue weighted by molar-refractivity contribution is 0.0107. The molecule has 3 heteroatoms. The van der Waals surface area contributed by atoms with Gasteiger partial charge in [0.2, 0.25) is 0 Å². The van der Waals surface area contributed by atoms with Crippen LogP contribution in [0.2, 0.25) is 0 Å².